The predicted octanol–water partition coefficient (Wildman–Crippen LogP) is 5.05. The molecule has 6 aromatic rings. The fourth-order valence-electron chi connectivity index (χ4n) is 4.54. The van der Waals surface area contributed by atoms with Crippen molar-refractivity contribution >= 4 is 28.4 Å². The quantitative estimate of drug-likeness (QED) is 0.204. The van der Waals surface area contributed by atoms with E-state index in [0.29, 0.717) is 46.2 Å². The van der Waals surface area contributed by atoms with Crippen LogP contribution in [0.5, 0.6) is 23.1 Å². The zero-order valence-electron chi connectivity index (χ0n) is 24.8. The van der Waals surface area contributed by atoms with E-state index in [9.17, 15) is 4.79 Å². The number of carbonyl (C=O) groups is 1. The van der Waals surface area contributed by atoms with Crippen molar-refractivity contribution in [1.82, 2.24) is 29.7 Å². The Hall–Kier alpha value is -5.95. The number of likely N-dealkylation sites (N-methyl/N-ethyl adjacent to an activating group) is 1. The highest BCUT2D eigenvalue weighted by Crippen LogP contribution is 2.34. The summed E-state index contributed by atoms with van der Waals surface area (Å²) in [5, 5.41) is 10.6. The summed E-state index contributed by atoms with van der Waals surface area (Å²) in [6.45, 7) is 1.35. The number of nitrogen functional groups attached to an aromatic ring is 1. The molecular weight excluding hydrogens is 576 g/mol. The van der Waals surface area contributed by atoms with Crippen molar-refractivity contribution in [1.29, 1.82) is 0 Å². The largest absolute Gasteiger partial charge is 0.497 e. The van der Waals surface area contributed by atoms with Gasteiger partial charge in [0.2, 0.25) is 5.88 Å². The van der Waals surface area contributed by atoms with Gasteiger partial charge in [0.15, 0.2) is 23.1 Å². The summed E-state index contributed by atoms with van der Waals surface area (Å²) in [5.41, 5.74) is 9.28. The lowest BCUT2D eigenvalue weighted by Gasteiger charge is -2.13. The molecule has 3 heterocycles. The number of carbonyl (C=O) groups excluding carboxylic acids is 1. The summed E-state index contributed by atoms with van der Waals surface area (Å²) in [4.78, 5) is 24.2. The monoisotopic (exact) mass is 606 g/mol. The smallest absolute Gasteiger partial charge is 0.255 e. The highest BCUT2D eigenvalue weighted by atomic mass is 16.6. The van der Waals surface area contributed by atoms with Gasteiger partial charge in [0.25, 0.3) is 5.91 Å². The number of hydrogen-bond acceptors (Lipinski definition) is 11. The van der Waals surface area contributed by atoms with Crippen molar-refractivity contribution in [2.24, 2.45) is 0 Å². The third kappa shape index (κ3) is 6.38. The Kier molecular flexibility index (Phi) is 8.24. The molecule has 0 aliphatic carbocycles. The second-order valence-corrected chi connectivity index (χ2v) is 10.2. The summed E-state index contributed by atoms with van der Waals surface area (Å²) in [5.74, 6) is 2.28. The molecule has 228 valence electrons. The Balaban J connectivity index is 1.32. The second-order valence-electron chi connectivity index (χ2n) is 10.2. The maximum Gasteiger partial charge on any atom is 0.255 e. The van der Waals surface area contributed by atoms with Crippen LogP contribution in [0.1, 0.15) is 10.4 Å². The van der Waals surface area contributed by atoms with E-state index < -0.39 is 0 Å². The molecule has 0 bridgehead atoms. The van der Waals surface area contributed by atoms with E-state index >= 15 is 0 Å². The lowest BCUT2D eigenvalue weighted by atomic mass is 10.2. The molecular formula is C32H30N8O5. The predicted molar refractivity (Wildman–Crippen MR) is 168 cm³/mol. The van der Waals surface area contributed by atoms with Gasteiger partial charge in [-0.25, -0.2) is 14.6 Å². The normalized spacial score (nSPS) is 11.1. The van der Waals surface area contributed by atoms with E-state index in [4.69, 9.17) is 29.6 Å². The van der Waals surface area contributed by atoms with Crippen molar-refractivity contribution in [3.05, 3.63) is 90.6 Å². The third-order valence-electron chi connectivity index (χ3n) is 6.85. The summed E-state index contributed by atoms with van der Waals surface area (Å²) < 4.78 is 24.0. The van der Waals surface area contributed by atoms with Gasteiger partial charge in [0.05, 0.1) is 24.5 Å². The number of nitrogens with one attached hydrogen (secondary N) is 1. The Morgan fingerprint density at radius 1 is 1.00 bits per heavy atom. The van der Waals surface area contributed by atoms with Gasteiger partial charge >= 0.3 is 0 Å². The summed E-state index contributed by atoms with van der Waals surface area (Å²) >= 11 is 0. The molecule has 0 fully saturated rings. The Labute approximate surface area is 258 Å². The average molecular weight is 607 g/mol. The first-order chi connectivity index (χ1) is 21.9. The molecule has 0 radical (unpaired) electrons. The van der Waals surface area contributed by atoms with E-state index in [0.717, 1.165) is 18.0 Å². The number of benzene rings is 3. The van der Waals surface area contributed by atoms with E-state index in [1.807, 2.05) is 49.0 Å². The minimum absolute atomic E-state index is 0.0983. The highest BCUT2D eigenvalue weighted by Gasteiger charge is 2.22. The zero-order chi connectivity index (χ0) is 31.3. The fraction of sp³-hybridized carbons (Fsp3) is 0.156. The Morgan fingerprint density at radius 3 is 2.47 bits per heavy atom. The molecule has 0 spiro atoms. The maximum absolute atomic E-state index is 13.0. The number of anilines is 2. The van der Waals surface area contributed by atoms with Crippen LogP contribution < -0.4 is 25.3 Å². The number of hydrogen-bond donors (Lipinski definition) is 2. The van der Waals surface area contributed by atoms with Gasteiger partial charge in [-0.05, 0) is 85.1 Å². The fourth-order valence-corrected chi connectivity index (χ4v) is 4.54. The average Bonchev–Trinajstić information content (AvgIpc) is 3.65. The molecule has 13 heteroatoms. The number of pyridine rings is 1. The number of methoxy groups -OCH3 is 1. The van der Waals surface area contributed by atoms with Crippen molar-refractivity contribution < 1.29 is 23.6 Å². The minimum Gasteiger partial charge on any atom is -0.497 e. The van der Waals surface area contributed by atoms with Crippen LogP contribution in [0, 0.1) is 0 Å². The van der Waals surface area contributed by atoms with Crippen molar-refractivity contribution in [3.63, 3.8) is 0 Å². The van der Waals surface area contributed by atoms with Crippen molar-refractivity contribution in [2.75, 3.05) is 45.4 Å². The molecule has 3 N–H and O–H groups in total. The molecule has 0 saturated carbocycles. The van der Waals surface area contributed by atoms with Crippen molar-refractivity contribution in [2.45, 2.75) is 0 Å². The second kappa shape index (κ2) is 12.7. The van der Waals surface area contributed by atoms with Gasteiger partial charge < -0.3 is 30.2 Å². The first-order valence-corrected chi connectivity index (χ1v) is 14.0. The van der Waals surface area contributed by atoms with Crippen LogP contribution in [0.2, 0.25) is 0 Å². The van der Waals surface area contributed by atoms with Gasteiger partial charge in [-0.2, -0.15) is 0 Å². The van der Waals surface area contributed by atoms with Gasteiger partial charge in [-0.3, -0.25) is 9.36 Å². The van der Waals surface area contributed by atoms with Gasteiger partial charge in [0.1, 0.15) is 23.6 Å². The molecule has 6 rings (SSSR count). The Morgan fingerprint density at radius 2 is 1.76 bits per heavy atom. The molecule has 1 amide bonds. The minimum atomic E-state index is -0.298. The van der Waals surface area contributed by atoms with E-state index in [1.54, 1.807) is 61.8 Å². The number of nitrogens with two attached hydrogens (primary N) is 1. The number of ether oxygens (including phenoxy) is 3. The Bertz CT molecular complexity index is 1930. The van der Waals surface area contributed by atoms with Gasteiger partial charge in [0, 0.05) is 23.9 Å². The standard InChI is InChI=1S/C32H30N8O5/c1-39(2)16-17-43-23-14-10-21(11-15-23)40-26-18-28(34-19-25(26)35-31(40)29-30(33)38-45-37-29)44-27-7-5-4-6-24(27)36-32(41)20-8-12-22(42-3)13-9-20/h4-15,18-19H,16-17H2,1-3H3,(H2,33,38)(H,36,41). The van der Waals surface area contributed by atoms with Crippen LogP contribution in [0.4, 0.5) is 11.5 Å². The summed E-state index contributed by atoms with van der Waals surface area (Å²) in [6.07, 6.45) is 1.59. The maximum atomic E-state index is 13.0. The first kappa shape index (κ1) is 29.1. The van der Waals surface area contributed by atoms with Crippen LogP contribution in [-0.2, 0) is 0 Å². The molecule has 0 atom stereocenters. The zero-order valence-corrected chi connectivity index (χ0v) is 24.8. The van der Waals surface area contributed by atoms with E-state index in [-0.39, 0.29) is 23.3 Å². The van der Waals surface area contributed by atoms with E-state index in [2.05, 4.69) is 25.5 Å². The number of aromatic nitrogens is 5. The van der Waals surface area contributed by atoms with Crippen LogP contribution >= 0.6 is 0 Å². The molecule has 0 saturated heterocycles. The molecule has 3 aromatic carbocycles. The van der Waals surface area contributed by atoms with Crippen LogP contribution in [0.15, 0.2) is 89.7 Å². The van der Waals surface area contributed by atoms with Gasteiger partial charge in [-0.15, -0.1) is 0 Å². The first-order valence-electron chi connectivity index (χ1n) is 14.0. The molecule has 13 nitrogen and oxygen atoms in total. The molecule has 0 aliphatic rings. The molecule has 0 aliphatic heterocycles. The van der Waals surface area contributed by atoms with Crippen LogP contribution in [0.25, 0.3) is 28.2 Å². The number of amides is 1. The van der Waals surface area contributed by atoms with Crippen molar-refractivity contribution in [3.8, 4) is 40.3 Å². The number of fused-ring (bicyclic) bond motifs is 1. The van der Waals surface area contributed by atoms with E-state index in [1.165, 1.54) is 0 Å². The SMILES string of the molecule is COc1ccc(C(=O)Nc2ccccc2Oc2cc3c(cn2)nc(-c2nonc2N)n3-c2ccc(OCCN(C)C)cc2)cc1. The van der Waals surface area contributed by atoms with Crippen LogP contribution in [0.3, 0.4) is 0 Å². The summed E-state index contributed by atoms with van der Waals surface area (Å²) in [7, 11) is 5.56. The third-order valence-corrected chi connectivity index (χ3v) is 6.85. The topological polar surface area (TPSA) is 156 Å². The lowest BCUT2D eigenvalue weighted by molar-refractivity contribution is 0.102. The van der Waals surface area contributed by atoms with Gasteiger partial charge in [-0.1, -0.05) is 12.1 Å². The van der Waals surface area contributed by atoms with Crippen LogP contribution in [-0.4, -0.2) is 70.0 Å². The number of rotatable bonds is 11. The number of para-hydroxylation sites is 2. The number of imidazole rings is 1. The lowest BCUT2D eigenvalue weighted by Crippen LogP contribution is -2.19. The number of nitrogens with zero attached hydrogens (tertiary/aromatic N) is 6. The highest BCUT2D eigenvalue weighted by molar-refractivity contribution is 6.05. The molecule has 0 unspecified atom stereocenters. The molecule has 3 aromatic heterocycles. The molecule has 45 heavy (non-hydrogen) atoms. The summed E-state index contributed by atoms with van der Waals surface area (Å²) in [6, 6.07) is 23.3.